The smallest absolute Gasteiger partial charge is 0.310 e. The van der Waals surface area contributed by atoms with Gasteiger partial charge in [-0.15, -0.1) is 0 Å². The summed E-state index contributed by atoms with van der Waals surface area (Å²) in [7, 11) is 0. The molecule has 0 N–H and O–H groups in total. The van der Waals surface area contributed by atoms with Crippen LogP contribution in [-0.4, -0.2) is 5.97 Å². The molecule has 0 atom stereocenters. The lowest BCUT2D eigenvalue weighted by atomic mass is 9.92. The minimum absolute atomic E-state index is 0.242. The van der Waals surface area contributed by atoms with Crippen molar-refractivity contribution in [3.63, 3.8) is 0 Å². The third-order valence-electron chi connectivity index (χ3n) is 7.80. The van der Waals surface area contributed by atoms with Gasteiger partial charge in [0, 0.05) is 23.5 Å². The molecule has 3 heteroatoms. The van der Waals surface area contributed by atoms with E-state index in [9.17, 15) is 4.79 Å². The van der Waals surface area contributed by atoms with Gasteiger partial charge in [0.2, 0.25) is 0 Å². The summed E-state index contributed by atoms with van der Waals surface area (Å²) in [6.07, 6.45) is 4.74. The van der Waals surface area contributed by atoms with Crippen molar-refractivity contribution in [2.45, 2.75) is 13.3 Å². The van der Waals surface area contributed by atoms with E-state index in [4.69, 9.17) is 4.74 Å². The van der Waals surface area contributed by atoms with Crippen LogP contribution in [0.5, 0.6) is 5.75 Å². The average Bonchev–Trinajstić information content (AvgIpc) is 3.05. The number of ether oxygens (including phenoxy) is 1. The van der Waals surface area contributed by atoms with E-state index in [1.54, 1.807) is 6.92 Å². The number of rotatable bonds is 7. The van der Waals surface area contributed by atoms with Crippen LogP contribution >= 0.6 is 0 Å². The van der Waals surface area contributed by atoms with E-state index in [0.717, 1.165) is 22.6 Å². The van der Waals surface area contributed by atoms with Crippen LogP contribution in [0.4, 0.5) is 17.1 Å². The summed E-state index contributed by atoms with van der Waals surface area (Å²) in [5, 5.41) is 7.77. The van der Waals surface area contributed by atoms with Crippen LogP contribution < -0.4 is 9.64 Å². The standard InChI is InChI=1S/C39H29NO2/c1-2-37(41)42-35-24-22-34(23-25-35)40(32-9-4-3-5-10-32)33-20-12-27(13-21-33)11-14-28-15-16-31-18-17-29-7-6-8-30-19-26-36(28)39(31)38(29)30/h3-26H,2H2,1H3. The molecule has 7 aromatic carbocycles. The van der Waals surface area contributed by atoms with Gasteiger partial charge in [-0.25, -0.2) is 0 Å². The normalized spacial score (nSPS) is 11.5. The number of para-hydroxylation sites is 1. The summed E-state index contributed by atoms with van der Waals surface area (Å²) in [4.78, 5) is 13.9. The van der Waals surface area contributed by atoms with Crippen molar-refractivity contribution in [3.8, 4) is 5.75 Å². The van der Waals surface area contributed by atoms with Gasteiger partial charge >= 0.3 is 5.97 Å². The van der Waals surface area contributed by atoms with E-state index in [1.807, 2.05) is 42.5 Å². The van der Waals surface area contributed by atoms with Crippen LogP contribution in [0, 0.1) is 0 Å². The number of carbonyl (C=O) groups excluding carboxylic acids is 1. The zero-order valence-electron chi connectivity index (χ0n) is 23.3. The highest BCUT2D eigenvalue weighted by atomic mass is 16.5. The van der Waals surface area contributed by atoms with Crippen LogP contribution in [0.1, 0.15) is 24.5 Å². The molecule has 7 aromatic rings. The van der Waals surface area contributed by atoms with Crippen molar-refractivity contribution in [2.75, 3.05) is 4.90 Å². The monoisotopic (exact) mass is 543 g/mol. The molecule has 0 aliphatic heterocycles. The maximum Gasteiger partial charge on any atom is 0.310 e. The molecule has 7 rings (SSSR count). The van der Waals surface area contributed by atoms with Gasteiger partial charge in [-0.05, 0) is 92.0 Å². The zero-order valence-corrected chi connectivity index (χ0v) is 23.3. The number of esters is 1. The minimum Gasteiger partial charge on any atom is -0.427 e. The molecular formula is C39H29NO2. The van der Waals surface area contributed by atoms with E-state index >= 15 is 0 Å². The Labute approximate surface area is 245 Å². The highest BCUT2D eigenvalue weighted by molar-refractivity contribution is 6.24. The fourth-order valence-electron chi connectivity index (χ4n) is 5.71. The Morgan fingerprint density at radius 1 is 0.595 bits per heavy atom. The van der Waals surface area contributed by atoms with Gasteiger partial charge in [-0.3, -0.25) is 4.79 Å². The molecule has 0 amide bonds. The lowest BCUT2D eigenvalue weighted by Gasteiger charge is -2.25. The quantitative estimate of drug-likeness (QED) is 0.0867. The van der Waals surface area contributed by atoms with Crippen molar-refractivity contribution in [2.24, 2.45) is 0 Å². The molecule has 42 heavy (non-hydrogen) atoms. The van der Waals surface area contributed by atoms with Gasteiger partial charge in [0.05, 0.1) is 0 Å². The molecular weight excluding hydrogens is 514 g/mol. The van der Waals surface area contributed by atoms with Crippen LogP contribution in [0.2, 0.25) is 0 Å². The number of benzene rings is 7. The Kier molecular flexibility index (Phi) is 6.61. The lowest BCUT2D eigenvalue weighted by Crippen LogP contribution is -2.10. The van der Waals surface area contributed by atoms with Crippen molar-refractivity contribution in [1.82, 2.24) is 0 Å². The van der Waals surface area contributed by atoms with Gasteiger partial charge in [-0.1, -0.05) is 104 Å². The van der Waals surface area contributed by atoms with Crippen molar-refractivity contribution >= 4 is 67.5 Å². The molecule has 0 saturated carbocycles. The molecule has 0 fully saturated rings. The minimum atomic E-state index is -0.242. The largest absolute Gasteiger partial charge is 0.427 e. The first-order valence-electron chi connectivity index (χ1n) is 14.3. The van der Waals surface area contributed by atoms with E-state index in [0.29, 0.717) is 12.2 Å². The molecule has 0 unspecified atom stereocenters. The Balaban J connectivity index is 1.20. The molecule has 3 nitrogen and oxygen atoms in total. The molecule has 0 heterocycles. The first-order valence-corrected chi connectivity index (χ1v) is 14.3. The first-order chi connectivity index (χ1) is 20.7. The van der Waals surface area contributed by atoms with Crippen LogP contribution in [0.15, 0.2) is 133 Å². The summed E-state index contributed by atoms with van der Waals surface area (Å²) in [6.45, 7) is 1.79. The van der Waals surface area contributed by atoms with Gasteiger partial charge < -0.3 is 9.64 Å². The second kappa shape index (κ2) is 10.9. The summed E-state index contributed by atoms with van der Waals surface area (Å²) in [5.41, 5.74) is 5.40. The maximum absolute atomic E-state index is 11.7. The Morgan fingerprint density at radius 2 is 1.19 bits per heavy atom. The zero-order chi connectivity index (χ0) is 28.5. The van der Waals surface area contributed by atoms with E-state index in [-0.39, 0.29) is 5.97 Å². The molecule has 0 aromatic heterocycles. The number of hydrogen-bond acceptors (Lipinski definition) is 3. The van der Waals surface area contributed by atoms with Crippen LogP contribution in [-0.2, 0) is 4.79 Å². The first kappa shape index (κ1) is 25.6. The predicted octanol–water partition coefficient (Wildman–Crippen LogP) is 10.5. The van der Waals surface area contributed by atoms with E-state index in [1.165, 1.54) is 37.9 Å². The van der Waals surface area contributed by atoms with Crippen molar-refractivity contribution in [1.29, 1.82) is 0 Å². The van der Waals surface area contributed by atoms with Gasteiger partial charge in [-0.2, -0.15) is 0 Å². The molecule has 0 radical (unpaired) electrons. The molecule has 0 aliphatic rings. The third kappa shape index (κ3) is 4.76. The Morgan fingerprint density at radius 3 is 1.88 bits per heavy atom. The van der Waals surface area contributed by atoms with Crippen LogP contribution in [0.25, 0.3) is 44.5 Å². The molecule has 0 bridgehead atoms. The number of hydrogen-bond donors (Lipinski definition) is 0. The number of carbonyl (C=O) groups is 1. The third-order valence-corrected chi connectivity index (χ3v) is 7.80. The summed E-state index contributed by atoms with van der Waals surface area (Å²) < 4.78 is 5.38. The highest BCUT2D eigenvalue weighted by Gasteiger charge is 2.13. The van der Waals surface area contributed by atoms with Gasteiger partial charge in [0.25, 0.3) is 0 Å². The number of nitrogens with zero attached hydrogens (tertiary/aromatic N) is 1. The SMILES string of the molecule is CCC(=O)Oc1ccc(N(c2ccccc2)c2ccc(C=Cc3ccc4ccc5cccc6ccc3c4c56)cc2)cc1. The van der Waals surface area contributed by atoms with Crippen molar-refractivity contribution < 1.29 is 9.53 Å². The maximum atomic E-state index is 11.7. The highest BCUT2D eigenvalue weighted by Crippen LogP contribution is 2.37. The Hall–Kier alpha value is -5.41. The summed E-state index contributed by atoms with van der Waals surface area (Å²) in [5.74, 6) is 0.305. The van der Waals surface area contributed by atoms with Gasteiger partial charge in [0.1, 0.15) is 5.75 Å². The van der Waals surface area contributed by atoms with Crippen molar-refractivity contribution in [3.05, 3.63) is 145 Å². The second-order valence-corrected chi connectivity index (χ2v) is 10.4. The number of anilines is 3. The van der Waals surface area contributed by atoms with Gasteiger partial charge in [0.15, 0.2) is 0 Å². The lowest BCUT2D eigenvalue weighted by molar-refractivity contribution is -0.134. The average molecular weight is 544 g/mol. The summed E-state index contributed by atoms with van der Waals surface area (Å²) >= 11 is 0. The fraction of sp³-hybridized carbons (Fsp3) is 0.0513. The molecule has 0 spiro atoms. The predicted molar refractivity (Wildman–Crippen MR) is 176 cm³/mol. The molecule has 0 saturated heterocycles. The van der Waals surface area contributed by atoms with Crippen LogP contribution in [0.3, 0.4) is 0 Å². The summed E-state index contributed by atoms with van der Waals surface area (Å²) in [6, 6.07) is 46.4. The topological polar surface area (TPSA) is 29.5 Å². The molecule has 0 aliphatic carbocycles. The van der Waals surface area contributed by atoms with E-state index in [2.05, 4.69) is 108 Å². The molecule has 202 valence electrons. The fourth-order valence-corrected chi connectivity index (χ4v) is 5.71. The second-order valence-electron chi connectivity index (χ2n) is 10.4. The Bertz CT molecular complexity index is 2030. The van der Waals surface area contributed by atoms with E-state index < -0.39 is 0 Å².